The number of carbonyl (C=O) groups excluding carboxylic acids is 2. The lowest BCUT2D eigenvalue weighted by Gasteiger charge is -2.25. The summed E-state index contributed by atoms with van der Waals surface area (Å²) < 4.78 is 10.7. The third-order valence-electron chi connectivity index (χ3n) is 4.81. The fourth-order valence-electron chi connectivity index (χ4n) is 3.13. The second-order valence-corrected chi connectivity index (χ2v) is 7.63. The van der Waals surface area contributed by atoms with Crippen molar-refractivity contribution in [3.8, 4) is 0 Å². The van der Waals surface area contributed by atoms with Crippen molar-refractivity contribution < 1.29 is 19.1 Å². The van der Waals surface area contributed by atoms with Gasteiger partial charge in [-0.1, -0.05) is 32.6 Å². The molecule has 146 valence electrons. The smallest absolute Gasteiger partial charge is 0.306 e. The molecule has 0 spiro atoms. The van der Waals surface area contributed by atoms with E-state index in [1.54, 1.807) is 0 Å². The van der Waals surface area contributed by atoms with Gasteiger partial charge < -0.3 is 9.47 Å². The van der Waals surface area contributed by atoms with E-state index in [4.69, 9.17) is 21.1 Å². The molecule has 1 rings (SSSR count). The van der Waals surface area contributed by atoms with Crippen molar-refractivity contribution >= 4 is 23.5 Å². The molecule has 1 aliphatic rings. The van der Waals surface area contributed by atoms with Crippen LogP contribution in [0.4, 0.5) is 0 Å². The van der Waals surface area contributed by atoms with Crippen LogP contribution in [0.3, 0.4) is 0 Å². The largest absolute Gasteiger partial charge is 0.466 e. The molecule has 0 N–H and O–H groups in total. The Balaban J connectivity index is 1.91. The van der Waals surface area contributed by atoms with Crippen LogP contribution in [0.2, 0.25) is 0 Å². The number of esters is 2. The second-order valence-electron chi connectivity index (χ2n) is 7.26. The summed E-state index contributed by atoms with van der Waals surface area (Å²) in [5.74, 6) is 1.10. The zero-order valence-electron chi connectivity index (χ0n) is 15.8. The summed E-state index contributed by atoms with van der Waals surface area (Å²) in [6.07, 6.45) is 12.0. The first-order valence-electron chi connectivity index (χ1n) is 10.0. The topological polar surface area (TPSA) is 52.6 Å². The quantitative estimate of drug-likeness (QED) is 0.246. The maximum atomic E-state index is 11.8. The Kier molecular flexibility index (Phi) is 12.8. The molecule has 1 fully saturated rings. The molecule has 25 heavy (non-hydrogen) atoms. The molecule has 0 saturated heterocycles. The van der Waals surface area contributed by atoms with Gasteiger partial charge in [-0.25, -0.2) is 0 Å². The van der Waals surface area contributed by atoms with E-state index >= 15 is 0 Å². The number of halogens is 1. The normalized spacial score (nSPS) is 20.2. The minimum atomic E-state index is -0.207. The minimum Gasteiger partial charge on any atom is -0.466 e. The van der Waals surface area contributed by atoms with Crippen LogP contribution in [0, 0.1) is 5.92 Å². The Bertz CT molecular complexity index is 365. The Morgan fingerprint density at radius 1 is 0.840 bits per heavy atom. The molecule has 0 amide bonds. The van der Waals surface area contributed by atoms with Crippen LogP contribution in [0.1, 0.15) is 90.4 Å². The monoisotopic (exact) mass is 374 g/mol. The van der Waals surface area contributed by atoms with E-state index in [1.807, 2.05) is 0 Å². The molecule has 0 aliphatic heterocycles. The average molecular weight is 375 g/mol. The van der Waals surface area contributed by atoms with Crippen LogP contribution < -0.4 is 0 Å². The maximum Gasteiger partial charge on any atom is 0.306 e. The Labute approximate surface area is 158 Å². The molecule has 0 aromatic carbocycles. The van der Waals surface area contributed by atoms with Gasteiger partial charge in [-0.3, -0.25) is 9.59 Å². The van der Waals surface area contributed by atoms with Crippen molar-refractivity contribution in [3.63, 3.8) is 0 Å². The van der Waals surface area contributed by atoms with Crippen molar-refractivity contribution in [3.05, 3.63) is 0 Å². The lowest BCUT2D eigenvalue weighted by atomic mass is 9.89. The zero-order valence-corrected chi connectivity index (χ0v) is 16.5. The first-order chi connectivity index (χ1) is 12.1. The number of hydrogen-bond donors (Lipinski definition) is 0. The lowest BCUT2D eigenvalue weighted by molar-refractivity contribution is -0.151. The minimum absolute atomic E-state index is 0.0834. The molecule has 0 unspecified atom stereocenters. The van der Waals surface area contributed by atoms with Crippen LogP contribution in [0.15, 0.2) is 0 Å². The number of rotatable bonds is 13. The molecular weight excluding hydrogens is 340 g/mol. The Morgan fingerprint density at radius 3 is 2.12 bits per heavy atom. The molecule has 1 saturated carbocycles. The van der Waals surface area contributed by atoms with Crippen molar-refractivity contribution in [2.24, 2.45) is 5.92 Å². The van der Waals surface area contributed by atoms with Crippen molar-refractivity contribution in [2.45, 2.75) is 96.5 Å². The molecule has 0 aromatic rings. The number of hydrogen-bond acceptors (Lipinski definition) is 4. The molecule has 0 aromatic heterocycles. The summed E-state index contributed by atoms with van der Waals surface area (Å²) in [4.78, 5) is 23.4. The Morgan fingerprint density at radius 2 is 1.44 bits per heavy atom. The van der Waals surface area contributed by atoms with Crippen LogP contribution >= 0.6 is 11.6 Å². The molecule has 0 heterocycles. The fraction of sp³-hybridized carbons (Fsp3) is 0.900. The molecule has 0 bridgehead atoms. The summed E-state index contributed by atoms with van der Waals surface area (Å²) in [6.45, 7) is 2.73. The molecule has 1 aliphatic carbocycles. The number of alkyl halides is 1. The van der Waals surface area contributed by atoms with Gasteiger partial charge in [-0.15, -0.1) is 11.6 Å². The van der Waals surface area contributed by atoms with E-state index in [9.17, 15) is 9.59 Å². The lowest BCUT2D eigenvalue weighted by Crippen LogP contribution is -2.23. The third-order valence-corrected chi connectivity index (χ3v) is 5.08. The van der Waals surface area contributed by atoms with Gasteiger partial charge in [0.15, 0.2) is 0 Å². The molecule has 0 radical (unpaired) electrons. The molecular formula is C20H35ClO4. The van der Waals surface area contributed by atoms with Gasteiger partial charge in [0.2, 0.25) is 0 Å². The van der Waals surface area contributed by atoms with Gasteiger partial charge in [0.25, 0.3) is 0 Å². The van der Waals surface area contributed by atoms with E-state index in [0.717, 1.165) is 56.7 Å². The van der Waals surface area contributed by atoms with Gasteiger partial charge in [0, 0.05) is 18.7 Å². The van der Waals surface area contributed by atoms with Gasteiger partial charge in [0.1, 0.15) is 6.10 Å². The Hall–Kier alpha value is -0.770. The van der Waals surface area contributed by atoms with E-state index in [-0.39, 0.29) is 18.0 Å². The maximum absolute atomic E-state index is 11.8. The van der Waals surface area contributed by atoms with Crippen molar-refractivity contribution in [1.29, 1.82) is 0 Å². The fourth-order valence-corrected chi connectivity index (χ4v) is 3.32. The summed E-state index contributed by atoms with van der Waals surface area (Å²) in [6, 6.07) is 0. The number of carbonyl (C=O) groups is 2. The molecule has 4 nitrogen and oxygen atoms in total. The summed E-state index contributed by atoms with van der Waals surface area (Å²) in [5, 5.41) is 0. The first kappa shape index (κ1) is 22.3. The molecule has 0 atom stereocenters. The van der Waals surface area contributed by atoms with E-state index < -0.39 is 0 Å². The van der Waals surface area contributed by atoms with Gasteiger partial charge in [-0.2, -0.15) is 0 Å². The highest BCUT2D eigenvalue weighted by Crippen LogP contribution is 2.25. The van der Waals surface area contributed by atoms with Crippen LogP contribution in [-0.2, 0) is 19.1 Å². The van der Waals surface area contributed by atoms with E-state index in [2.05, 4.69) is 6.92 Å². The SMILES string of the molecule is CC1CCC(OC(=O)CCCC(=O)OCCCCCCCCCl)CC1. The summed E-state index contributed by atoms with van der Waals surface area (Å²) in [7, 11) is 0. The van der Waals surface area contributed by atoms with E-state index in [1.165, 1.54) is 19.3 Å². The highest BCUT2D eigenvalue weighted by molar-refractivity contribution is 6.17. The summed E-state index contributed by atoms with van der Waals surface area (Å²) in [5.41, 5.74) is 0. The summed E-state index contributed by atoms with van der Waals surface area (Å²) >= 11 is 5.63. The van der Waals surface area contributed by atoms with E-state index in [0.29, 0.717) is 25.9 Å². The first-order valence-corrected chi connectivity index (χ1v) is 10.6. The third kappa shape index (κ3) is 12.3. The van der Waals surface area contributed by atoms with Crippen LogP contribution in [0.25, 0.3) is 0 Å². The highest BCUT2D eigenvalue weighted by Gasteiger charge is 2.21. The molecule has 5 heteroatoms. The zero-order chi connectivity index (χ0) is 18.3. The van der Waals surface area contributed by atoms with Crippen molar-refractivity contribution in [2.75, 3.05) is 12.5 Å². The van der Waals surface area contributed by atoms with Crippen molar-refractivity contribution in [1.82, 2.24) is 0 Å². The second kappa shape index (κ2) is 14.4. The van der Waals surface area contributed by atoms with Gasteiger partial charge in [0.05, 0.1) is 6.61 Å². The number of ether oxygens (including phenoxy) is 2. The van der Waals surface area contributed by atoms with Gasteiger partial charge in [-0.05, 0) is 50.9 Å². The van der Waals surface area contributed by atoms with Crippen LogP contribution in [0.5, 0.6) is 0 Å². The van der Waals surface area contributed by atoms with Gasteiger partial charge >= 0.3 is 11.9 Å². The highest BCUT2D eigenvalue weighted by atomic mass is 35.5. The standard InChI is InChI=1S/C20H35ClO4/c1-17-11-13-18(14-12-17)25-20(23)10-8-9-19(22)24-16-7-5-3-2-4-6-15-21/h17-18H,2-16H2,1H3. The predicted molar refractivity (Wildman–Crippen MR) is 101 cm³/mol. The predicted octanol–water partition coefficient (Wildman–Crippen LogP) is 5.40. The van der Waals surface area contributed by atoms with Crippen LogP contribution in [-0.4, -0.2) is 30.5 Å². The average Bonchev–Trinajstić information content (AvgIpc) is 2.59. The number of unbranched alkanes of at least 4 members (excludes halogenated alkanes) is 5.